The van der Waals surface area contributed by atoms with Gasteiger partial charge in [-0.3, -0.25) is 0 Å². The van der Waals surface area contributed by atoms with Gasteiger partial charge in [-0.1, -0.05) is 93.8 Å². The van der Waals surface area contributed by atoms with E-state index in [1.807, 2.05) is 60.7 Å². The van der Waals surface area contributed by atoms with E-state index in [4.69, 9.17) is 4.74 Å². The molecule has 0 saturated carbocycles. The van der Waals surface area contributed by atoms with Gasteiger partial charge >= 0.3 is 5.97 Å². The van der Waals surface area contributed by atoms with Crippen LogP contribution in [0.2, 0.25) is 0 Å². The van der Waals surface area contributed by atoms with Crippen LogP contribution in [-0.4, -0.2) is 18.1 Å². The fraction of sp³-hybridized carbons (Fsp3) is 0.333. The van der Waals surface area contributed by atoms with Crippen molar-refractivity contribution in [2.24, 2.45) is 5.92 Å². The molecule has 148 valence electrons. The number of carbonyl (C=O) groups is 1. The van der Waals surface area contributed by atoms with E-state index in [9.17, 15) is 10.1 Å². The summed E-state index contributed by atoms with van der Waals surface area (Å²) in [4.78, 5) is 12.8. The smallest absolute Gasteiger partial charge is 0.349 e. The summed E-state index contributed by atoms with van der Waals surface area (Å²) in [6, 6.07) is 21.1. The number of rotatable bonds is 9. The van der Waals surface area contributed by atoms with Gasteiger partial charge in [0.2, 0.25) is 0 Å². The monoisotopic (exact) mass is 379 g/mol. The van der Waals surface area contributed by atoms with Gasteiger partial charge in [-0.25, -0.2) is 4.79 Å². The quantitative estimate of drug-likeness (QED) is 0.351. The zero-order valence-electron chi connectivity index (χ0n) is 16.7. The van der Waals surface area contributed by atoms with Crippen LogP contribution in [-0.2, 0) is 9.53 Å². The lowest BCUT2D eigenvalue weighted by Crippen LogP contribution is -2.16. The van der Waals surface area contributed by atoms with Crippen molar-refractivity contribution in [3.8, 4) is 6.07 Å². The molecule has 0 heterocycles. The summed E-state index contributed by atoms with van der Waals surface area (Å²) in [6.07, 6.45) is 4.25. The van der Waals surface area contributed by atoms with Crippen molar-refractivity contribution in [2.75, 3.05) is 6.61 Å². The number of esters is 1. The Hall–Kier alpha value is -2.90. The number of benzene rings is 2. The van der Waals surface area contributed by atoms with Crippen LogP contribution >= 0.6 is 0 Å². The maximum absolute atomic E-state index is 12.8. The van der Waals surface area contributed by atoms with Crippen molar-refractivity contribution in [2.45, 2.75) is 39.5 Å². The summed E-state index contributed by atoms with van der Waals surface area (Å²) in [5, 5.41) is 9.74. The van der Waals surface area contributed by atoms with Crippen molar-refractivity contribution < 1.29 is 15.0 Å². The first-order chi connectivity index (χ1) is 13.2. The number of unbranched alkanes of at least 4 members (excludes halogenated alkanes) is 1. The molecule has 0 aliphatic rings. The van der Waals surface area contributed by atoms with Gasteiger partial charge < -0.3 is 10.2 Å². The lowest BCUT2D eigenvalue weighted by molar-refractivity contribution is -0.139. The van der Waals surface area contributed by atoms with Crippen LogP contribution < -0.4 is 0 Å². The Balaban J connectivity index is 0.00000392. The predicted octanol–water partition coefficient (Wildman–Crippen LogP) is 4.95. The second-order valence-corrected chi connectivity index (χ2v) is 6.61. The molecule has 0 amide bonds. The topological polar surface area (TPSA) is 81.6 Å². The number of nitrogens with zero attached hydrogens (tertiary/aromatic N) is 1. The number of nitriles is 1. The van der Waals surface area contributed by atoms with E-state index in [1.54, 1.807) is 0 Å². The van der Waals surface area contributed by atoms with Gasteiger partial charge in [-0.15, -0.1) is 0 Å². The van der Waals surface area contributed by atoms with Gasteiger partial charge in [0.25, 0.3) is 0 Å². The van der Waals surface area contributed by atoms with Crippen molar-refractivity contribution in [1.82, 2.24) is 0 Å². The second-order valence-electron chi connectivity index (χ2n) is 6.61. The highest BCUT2D eigenvalue weighted by Crippen LogP contribution is 2.27. The Morgan fingerprint density at radius 3 is 1.96 bits per heavy atom. The number of carbonyl (C=O) groups excluding carboxylic acids is 1. The first-order valence-corrected chi connectivity index (χ1v) is 9.63. The van der Waals surface area contributed by atoms with Crippen LogP contribution in [0.1, 0.15) is 50.7 Å². The summed E-state index contributed by atoms with van der Waals surface area (Å²) in [7, 11) is 0. The predicted molar refractivity (Wildman–Crippen MR) is 112 cm³/mol. The van der Waals surface area contributed by atoms with Crippen molar-refractivity contribution in [1.29, 1.82) is 5.26 Å². The standard InChI is InChI=1S/C24H27NO2.H2O/c1-3-5-12-19(4-2)18-27-24(26)22(17-25)23(20-13-8-6-9-14-20)21-15-10-7-11-16-21;/h6-11,13-16,19H,3-5,12,18H2,1-2H3;1H2. The zero-order chi connectivity index (χ0) is 19.5. The number of ether oxygens (including phenoxy) is 1. The molecule has 0 aliphatic carbocycles. The lowest BCUT2D eigenvalue weighted by atomic mass is 9.93. The average molecular weight is 380 g/mol. The van der Waals surface area contributed by atoms with Gasteiger partial charge in [-0.05, 0) is 23.5 Å². The molecule has 4 nitrogen and oxygen atoms in total. The molecule has 0 saturated heterocycles. The number of hydrogen-bond donors (Lipinski definition) is 0. The van der Waals surface area contributed by atoms with Crippen molar-refractivity contribution in [3.05, 3.63) is 77.4 Å². The van der Waals surface area contributed by atoms with Crippen LogP contribution in [0.25, 0.3) is 5.57 Å². The third-order valence-electron chi connectivity index (χ3n) is 4.68. The van der Waals surface area contributed by atoms with Crippen LogP contribution in [0.5, 0.6) is 0 Å². The summed E-state index contributed by atoms with van der Waals surface area (Å²) in [6.45, 7) is 4.62. The molecule has 2 N–H and O–H groups in total. The summed E-state index contributed by atoms with van der Waals surface area (Å²) in [5.74, 6) is -0.208. The first-order valence-electron chi connectivity index (χ1n) is 9.63. The maximum Gasteiger partial charge on any atom is 0.349 e. The molecule has 4 heteroatoms. The van der Waals surface area contributed by atoms with E-state index in [0.717, 1.165) is 36.8 Å². The molecule has 28 heavy (non-hydrogen) atoms. The molecule has 1 atom stereocenters. The van der Waals surface area contributed by atoms with Gasteiger partial charge in [0, 0.05) is 5.57 Å². The van der Waals surface area contributed by atoms with Crippen molar-refractivity contribution in [3.63, 3.8) is 0 Å². The molecule has 2 rings (SSSR count). The molecule has 0 bridgehead atoms. The average Bonchev–Trinajstić information content (AvgIpc) is 2.73. The van der Waals surface area contributed by atoms with E-state index in [-0.39, 0.29) is 11.0 Å². The van der Waals surface area contributed by atoms with E-state index in [0.29, 0.717) is 18.1 Å². The Labute approximate surface area is 167 Å². The largest absolute Gasteiger partial charge is 0.461 e. The molecule has 0 fully saturated rings. The second kappa shape index (κ2) is 12.5. The minimum atomic E-state index is -0.546. The zero-order valence-corrected chi connectivity index (χ0v) is 16.7. The van der Waals surface area contributed by atoms with E-state index in [1.165, 1.54) is 0 Å². The normalized spacial score (nSPS) is 10.9. The molecular formula is C24H29NO3. The minimum Gasteiger partial charge on any atom is -0.461 e. The summed E-state index contributed by atoms with van der Waals surface area (Å²) >= 11 is 0. The molecule has 0 spiro atoms. The molecule has 0 aromatic heterocycles. The molecule has 2 aromatic carbocycles. The Morgan fingerprint density at radius 2 is 1.54 bits per heavy atom. The Morgan fingerprint density at radius 1 is 1.00 bits per heavy atom. The fourth-order valence-electron chi connectivity index (χ4n) is 3.03. The molecule has 2 aromatic rings. The van der Waals surface area contributed by atoms with Crippen LogP contribution in [0.3, 0.4) is 0 Å². The summed E-state index contributed by atoms with van der Waals surface area (Å²) in [5.41, 5.74) is 2.33. The van der Waals surface area contributed by atoms with Crippen LogP contribution in [0.15, 0.2) is 66.2 Å². The lowest BCUT2D eigenvalue weighted by Gasteiger charge is -2.16. The SMILES string of the molecule is CCCCC(CC)COC(=O)C(C#N)=C(c1ccccc1)c1ccccc1.O. The van der Waals surface area contributed by atoms with Gasteiger partial charge in [-0.2, -0.15) is 5.26 Å². The van der Waals surface area contributed by atoms with E-state index >= 15 is 0 Å². The molecule has 1 unspecified atom stereocenters. The van der Waals surface area contributed by atoms with E-state index in [2.05, 4.69) is 19.9 Å². The van der Waals surface area contributed by atoms with Gasteiger partial charge in [0.15, 0.2) is 0 Å². The Kier molecular flexibility index (Phi) is 10.3. The highest BCUT2D eigenvalue weighted by atomic mass is 16.5. The number of hydrogen-bond acceptors (Lipinski definition) is 3. The first kappa shape index (κ1) is 23.1. The fourth-order valence-corrected chi connectivity index (χ4v) is 3.03. The third kappa shape index (κ3) is 6.37. The summed E-state index contributed by atoms with van der Waals surface area (Å²) < 4.78 is 5.55. The van der Waals surface area contributed by atoms with Crippen LogP contribution in [0, 0.1) is 17.2 Å². The minimum absolute atomic E-state index is 0. The van der Waals surface area contributed by atoms with Crippen LogP contribution in [0.4, 0.5) is 0 Å². The Bertz CT molecular complexity index is 750. The highest BCUT2D eigenvalue weighted by molar-refractivity contribution is 6.05. The molecule has 0 radical (unpaired) electrons. The molecule has 0 aliphatic heterocycles. The molecular weight excluding hydrogens is 350 g/mol. The van der Waals surface area contributed by atoms with Gasteiger partial charge in [0.1, 0.15) is 11.6 Å². The van der Waals surface area contributed by atoms with Crippen molar-refractivity contribution >= 4 is 11.5 Å². The third-order valence-corrected chi connectivity index (χ3v) is 4.68. The maximum atomic E-state index is 12.8. The van der Waals surface area contributed by atoms with Gasteiger partial charge in [0.05, 0.1) is 6.61 Å². The highest BCUT2D eigenvalue weighted by Gasteiger charge is 2.21. The van der Waals surface area contributed by atoms with E-state index < -0.39 is 5.97 Å².